The van der Waals surface area contributed by atoms with Gasteiger partial charge in [-0.2, -0.15) is 0 Å². The van der Waals surface area contributed by atoms with E-state index in [4.69, 9.17) is 24.7 Å². The molecule has 0 aromatic rings. The first-order valence-corrected chi connectivity index (χ1v) is 12.9. The fourth-order valence-corrected chi connectivity index (χ4v) is 4.86. The lowest BCUT2D eigenvalue weighted by Crippen LogP contribution is -2.40. The Balaban J connectivity index is 2.62. The number of carbonyl (C=O) groups excluding carboxylic acids is 4. The third-order valence-electron chi connectivity index (χ3n) is 7.04. The number of aliphatic hydroxyl groups is 1. The van der Waals surface area contributed by atoms with Crippen molar-refractivity contribution in [3.63, 3.8) is 0 Å². The van der Waals surface area contributed by atoms with E-state index in [1.807, 2.05) is 6.92 Å². The number of nitrogens with two attached hydrogens (primary N) is 1. The molecule has 11 heteroatoms. The minimum atomic E-state index is -1.01. The molecule has 0 fully saturated rings. The summed E-state index contributed by atoms with van der Waals surface area (Å²) in [4.78, 5) is 50.4. The van der Waals surface area contributed by atoms with Gasteiger partial charge >= 0.3 is 6.09 Å². The number of nitrogens with one attached hydrogen (secondary N) is 1. The maximum atomic E-state index is 13.3. The van der Waals surface area contributed by atoms with Crippen LogP contribution in [-0.2, 0) is 33.3 Å². The van der Waals surface area contributed by atoms with Gasteiger partial charge in [0.15, 0.2) is 11.9 Å². The Hall–Kier alpha value is -3.38. The first-order chi connectivity index (χ1) is 18.8. The Morgan fingerprint density at radius 2 is 1.70 bits per heavy atom. The lowest BCUT2D eigenvalue weighted by molar-refractivity contribution is -0.120. The van der Waals surface area contributed by atoms with E-state index in [2.05, 4.69) is 5.32 Å². The molecule has 2 bridgehead atoms. The molecule has 2 amide bonds. The lowest BCUT2D eigenvalue weighted by atomic mass is 9.84. The van der Waals surface area contributed by atoms with Gasteiger partial charge in [0.1, 0.15) is 6.10 Å². The van der Waals surface area contributed by atoms with Crippen molar-refractivity contribution < 1.29 is 43.2 Å². The predicted molar refractivity (Wildman–Crippen MR) is 147 cm³/mol. The molecule has 1 aliphatic carbocycles. The van der Waals surface area contributed by atoms with Gasteiger partial charge in [-0.25, -0.2) is 4.79 Å². The third-order valence-corrected chi connectivity index (χ3v) is 7.04. The Bertz CT molecular complexity index is 1130. The number of hydrogen-bond acceptors (Lipinski definition) is 9. The van der Waals surface area contributed by atoms with Gasteiger partial charge in [-0.1, -0.05) is 38.2 Å². The van der Waals surface area contributed by atoms with Crippen molar-refractivity contribution in [1.29, 1.82) is 0 Å². The zero-order valence-corrected chi connectivity index (χ0v) is 24.0. The van der Waals surface area contributed by atoms with E-state index in [9.17, 15) is 24.3 Å². The molecule has 4 N–H and O–H groups in total. The van der Waals surface area contributed by atoms with Crippen molar-refractivity contribution in [1.82, 2.24) is 5.32 Å². The highest BCUT2D eigenvalue weighted by Crippen LogP contribution is 2.29. The van der Waals surface area contributed by atoms with Gasteiger partial charge in [0, 0.05) is 44.5 Å². The van der Waals surface area contributed by atoms with Crippen LogP contribution in [0.2, 0.25) is 0 Å². The number of aliphatic hydroxyl groups excluding tert-OH is 1. The monoisotopic (exact) mass is 560 g/mol. The quantitative estimate of drug-likeness (QED) is 0.345. The Morgan fingerprint density at radius 3 is 2.27 bits per heavy atom. The molecule has 7 atom stereocenters. The zero-order valence-electron chi connectivity index (χ0n) is 24.0. The van der Waals surface area contributed by atoms with Crippen LogP contribution in [0, 0.1) is 11.8 Å². The Morgan fingerprint density at radius 1 is 1.02 bits per heavy atom. The second-order valence-corrected chi connectivity index (χ2v) is 10.0. The smallest absolute Gasteiger partial charge is 0.405 e. The summed E-state index contributed by atoms with van der Waals surface area (Å²) < 4.78 is 22.1. The number of methoxy groups -OCH3 is 3. The second kappa shape index (κ2) is 14.8. The summed E-state index contributed by atoms with van der Waals surface area (Å²) in [5, 5.41) is 13.7. The summed E-state index contributed by atoms with van der Waals surface area (Å²) in [6.45, 7) is 6.86. The molecule has 0 saturated carbocycles. The summed E-state index contributed by atoms with van der Waals surface area (Å²) >= 11 is 0. The number of Topliss-reactive ketones (excluding diaryl/α,β-unsaturated/α-hetero) is 1. The molecule has 2 rings (SSSR count). The fraction of sp³-hybridized carbons (Fsp3) is 0.517. The molecule has 0 aromatic heterocycles. The van der Waals surface area contributed by atoms with Crippen LogP contribution in [0.4, 0.5) is 4.79 Å². The molecule has 2 aliphatic rings. The third kappa shape index (κ3) is 8.31. The van der Waals surface area contributed by atoms with Crippen LogP contribution in [0.1, 0.15) is 34.1 Å². The lowest BCUT2D eigenvalue weighted by Gasteiger charge is -2.32. The van der Waals surface area contributed by atoms with Crippen molar-refractivity contribution in [2.24, 2.45) is 17.6 Å². The van der Waals surface area contributed by atoms with E-state index < -0.39 is 60.0 Å². The summed E-state index contributed by atoms with van der Waals surface area (Å²) in [5.41, 5.74) is 6.06. The molecule has 220 valence electrons. The van der Waals surface area contributed by atoms with E-state index in [0.717, 1.165) is 6.08 Å². The van der Waals surface area contributed by atoms with Crippen LogP contribution >= 0.6 is 0 Å². The number of hydrogen-bond donors (Lipinski definition) is 3. The van der Waals surface area contributed by atoms with Crippen LogP contribution in [0.25, 0.3) is 0 Å². The first kappa shape index (κ1) is 32.8. The van der Waals surface area contributed by atoms with E-state index in [1.54, 1.807) is 26.0 Å². The number of amides is 2. The SMILES string of the molecule is CO[C@H]1/C=C\C=C(/C)C(=O)NC2=CC(=O)C=C(C2=O)[C@H](OC)[C@@H](C)C[C@H](OC)[C@H](O)[C@@H](C)/C=C(\C)[C@@H]1OC(N)=O. The highest BCUT2D eigenvalue weighted by atomic mass is 16.6. The molecular weight excluding hydrogens is 520 g/mol. The van der Waals surface area contributed by atoms with E-state index in [-0.39, 0.29) is 29.2 Å². The minimum Gasteiger partial charge on any atom is -0.439 e. The van der Waals surface area contributed by atoms with E-state index in [0.29, 0.717) is 5.57 Å². The molecule has 1 heterocycles. The minimum absolute atomic E-state index is 0.0970. The number of ketones is 2. The number of carbonyl (C=O) groups is 4. The van der Waals surface area contributed by atoms with Crippen molar-refractivity contribution in [3.8, 4) is 0 Å². The summed E-state index contributed by atoms with van der Waals surface area (Å²) in [6, 6.07) is 0. The molecule has 0 aromatic carbocycles. The molecule has 1 aliphatic heterocycles. The summed E-state index contributed by atoms with van der Waals surface area (Å²) in [6.07, 6.45) is 3.68. The Kier molecular flexibility index (Phi) is 12.2. The maximum Gasteiger partial charge on any atom is 0.405 e. The van der Waals surface area contributed by atoms with Crippen molar-refractivity contribution in [2.75, 3.05) is 21.3 Å². The standard InChI is InChI=1S/C29H40N2O9/c1-15-9-8-10-22(37-5)27(40-29(30)36)17(3)11-16(2)24(33)23(38-6)12-18(4)26(39-7)20-13-19(32)14-21(25(20)34)31-28(15)35/h8-11,13-14,16,18,22-24,26-27,33H,12H2,1-7H3,(H2,30,36)(H,31,35)/b10-8-,15-9+,17-11+/t16-,18-,22-,23-,24+,26+,27-/m0/s1. The topological polar surface area (TPSA) is 163 Å². The van der Waals surface area contributed by atoms with Crippen molar-refractivity contribution >= 4 is 23.6 Å². The normalized spacial score (nSPS) is 34.4. The zero-order chi connectivity index (χ0) is 30.1. The predicted octanol–water partition coefficient (Wildman–Crippen LogP) is 2.06. The first-order valence-electron chi connectivity index (χ1n) is 12.9. The highest BCUT2D eigenvalue weighted by molar-refractivity contribution is 6.22. The van der Waals surface area contributed by atoms with Crippen molar-refractivity contribution in [3.05, 3.63) is 58.9 Å². The van der Waals surface area contributed by atoms with Gasteiger partial charge in [0.25, 0.3) is 5.91 Å². The van der Waals surface area contributed by atoms with Crippen LogP contribution in [-0.4, -0.2) is 80.5 Å². The van der Waals surface area contributed by atoms with Crippen LogP contribution in [0.5, 0.6) is 0 Å². The van der Waals surface area contributed by atoms with Gasteiger partial charge in [-0.3, -0.25) is 14.4 Å². The molecule has 0 unspecified atom stereocenters. The number of rotatable bonds is 4. The van der Waals surface area contributed by atoms with Crippen molar-refractivity contribution in [2.45, 2.75) is 64.6 Å². The summed E-state index contributed by atoms with van der Waals surface area (Å²) in [7, 11) is 4.31. The van der Waals surface area contributed by atoms with E-state index >= 15 is 0 Å². The molecule has 40 heavy (non-hydrogen) atoms. The average molecular weight is 561 g/mol. The van der Waals surface area contributed by atoms with Crippen LogP contribution in [0.3, 0.4) is 0 Å². The van der Waals surface area contributed by atoms with Gasteiger partial charge in [-0.05, 0) is 37.8 Å². The highest BCUT2D eigenvalue weighted by Gasteiger charge is 2.35. The van der Waals surface area contributed by atoms with Gasteiger partial charge in [0.2, 0.25) is 5.78 Å². The molecular formula is C29H40N2O9. The number of allylic oxidation sites excluding steroid dienone is 5. The van der Waals surface area contributed by atoms with Crippen LogP contribution in [0.15, 0.2) is 58.9 Å². The number of fused-ring (bicyclic) bond motifs is 2. The molecule has 0 spiro atoms. The van der Waals surface area contributed by atoms with Gasteiger partial charge in [0.05, 0.1) is 24.0 Å². The van der Waals surface area contributed by atoms with Gasteiger partial charge in [-0.15, -0.1) is 0 Å². The largest absolute Gasteiger partial charge is 0.439 e. The number of primary amides is 1. The molecule has 0 saturated heterocycles. The maximum absolute atomic E-state index is 13.3. The number of ether oxygens (including phenoxy) is 4. The molecule has 11 nitrogen and oxygen atoms in total. The molecule has 0 radical (unpaired) electrons. The Labute approximate surface area is 234 Å². The average Bonchev–Trinajstić information content (AvgIpc) is 2.90. The van der Waals surface area contributed by atoms with Gasteiger partial charge < -0.3 is 35.1 Å². The van der Waals surface area contributed by atoms with Crippen LogP contribution < -0.4 is 11.1 Å². The van der Waals surface area contributed by atoms with E-state index in [1.165, 1.54) is 46.5 Å². The second-order valence-electron chi connectivity index (χ2n) is 10.0. The fourth-order valence-electron chi connectivity index (χ4n) is 4.86. The summed E-state index contributed by atoms with van der Waals surface area (Å²) in [5.74, 6) is -2.44.